The van der Waals surface area contributed by atoms with E-state index in [1.54, 1.807) is 0 Å². The molecule has 0 atom stereocenters. The molecule has 0 N–H and O–H groups in total. The predicted octanol–water partition coefficient (Wildman–Crippen LogP) is 20.5. The zero-order chi connectivity index (χ0) is 49.0. The number of thiophene rings is 1. The second-order valence-corrected chi connectivity index (χ2v) is 20.2. The fourth-order valence-electron chi connectivity index (χ4n) is 11.4. The fraction of sp³-hybridized carbons (Fsp3) is 0. The van der Waals surface area contributed by atoms with Crippen molar-refractivity contribution >= 4 is 53.3 Å². The maximum absolute atomic E-state index is 2.51. The monoisotopic (exact) mass is 957 g/mol. The average Bonchev–Trinajstić information content (AvgIpc) is 4.10. The van der Waals surface area contributed by atoms with Gasteiger partial charge in [0.15, 0.2) is 0 Å². The van der Waals surface area contributed by atoms with Crippen LogP contribution in [0.25, 0.3) is 137 Å². The Morgan fingerprint density at radius 3 is 1.11 bits per heavy atom. The third-order valence-electron chi connectivity index (χ3n) is 14.8. The molecule has 0 unspecified atom stereocenters. The third-order valence-corrected chi connectivity index (χ3v) is 16.0. The molecular weight excluding hydrogens is 911 g/mol. The van der Waals surface area contributed by atoms with Gasteiger partial charge in [-0.3, -0.25) is 0 Å². The van der Waals surface area contributed by atoms with Crippen molar-refractivity contribution in [3.05, 3.63) is 285 Å². The second-order valence-electron chi connectivity index (χ2n) is 19.2. The Morgan fingerprint density at radius 1 is 0.230 bits per heavy atom. The molecule has 2 heteroatoms. The van der Waals surface area contributed by atoms with Crippen molar-refractivity contribution in [1.82, 2.24) is 4.57 Å². The highest BCUT2D eigenvalue weighted by Gasteiger charge is 2.25. The number of hydrogen-bond donors (Lipinski definition) is 0. The Kier molecular flexibility index (Phi) is 10.8. The third kappa shape index (κ3) is 7.55. The first-order chi connectivity index (χ1) is 36.7. The van der Waals surface area contributed by atoms with Gasteiger partial charge < -0.3 is 4.57 Å². The summed E-state index contributed by atoms with van der Waals surface area (Å²) in [6.07, 6.45) is 0. The van der Waals surface area contributed by atoms with E-state index in [2.05, 4.69) is 290 Å². The molecule has 0 bridgehead atoms. The fourth-order valence-corrected chi connectivity index (χ4v) is 12.7. The van der Waals surface area contributed by atoms with Crippen LogP contribution in [0.15, 0.2) is 285 Å². The summed E-state index contributed by atoms with van der Waals surface area (Å²) in [4.78, 5) is 0. The largest absolute Gasteiger partial charge is 0.309 e. The summed E-state index contributed by atoms with van der Waals surface area (Å²) in [5.41, 5.74) is 22.8. The molecular formula is C72H47NS. The topological polar surface area (TPSA) is 4.93 Å². The molecule has 0 amide bonds. The van der Waals surface area contributed by atoms with Crippen LogP contribution in [0.4, 0.5) is 0 Å². The molecule has 0 aliphatic rings. The van der Waals surface area contributed by atoms with Crippen LogP contribution in [-0.2, 0) is 0 Å². The quantitative estimate of drug-likeness (QED) is 0.136. The number of fused-ring (bicyclic) bond motifs is 7. The molecule has 74 heavy (non-hydrogen) atoms. The lowest BCUT2D eigenvalue weighted by atomic mass is 9.88. The van der Waals surface area contributed by atoms with Gasteiger partial charge in [0.1, 0.15) is 0 Å². The lowest BCUT2D eigenvalue weighted by molar-refractivity contribution is 1.19. The summed E-state index contributed by atoms with van der Waals surface area (Å²) < 4.78 is 5.04. The normalized spacial score (nSPS) is 11.5. The van der Waals surface area contributed by atoms with Gasteiger partial charge in [-0.1, -0.05) is 224 Å². The standard InChI is InChI=1S/C72H47NS/c1-6-23-48(24-7-1)52-41-53(49-25-8-2-9-26-49)44-56(43-52)59-33-16-18-35-61(59)64-38-22-39-65-69-70-66(63-37-20-21-40-68(63)73(70)58-31-14-5-15-32-58)47-67(72(69)74-71(64)65)62-36-19-17-34-60(62)57-45-54(50-27-10-3-11-28-50)42-55(46-57)51-29-12-4-13-30-51/h1-47H. The minimum atomic E-state index is 1.15. The maximum atomic E-state index is 2.51. The highest BCUT2D eigenvalue weighted by Crippen LogP contribution is 2.52. The first kappa shape index (κ1) is 43.4. The van der Waals surface area contributed by atoms with E-state index in [9.17, 15) is 0 Å². The van der Waals surface area contributed by atoms with Gasteiger partial charge in [-0.2, -0.15) is 0 Å². The van der Waals surface area contributed by atoms with Gasteiger partial charge >= 0.3 is 0 Å². The van der Waals surface area contributed by atoms with Crippen molar-refractivity contribution in [2.75, 3.05) is 0 Å². The zero-order valence-electron chi connectivity index (χ0n) is 40.5. The summed E-state index contributed by atoms with van der Waals surface area (Å²) in [5, 5.41) is 4.99. The van der Waals surface area contributed by atoms with Gasteiger partial charge in [0.2, 0.25) is 0 Å². The van der Waals surface area contributed by atoms with Crippen LogP contribution in [0.2, 0.25) is 0 Å². The highest BCUT2D eigenvalue weighted by atomic mass is 32.1. The Labute approximate surface area is 435 Å². The first-order valence-electron chi connectivity index (χ1n) is 25.4. The Morgan fingerprint density at radius 2 is 0.608 bits per heavy atom. The number of rotatable bonds is 9. The lowest BCUT2D eigenvalue weighted by Gasteiger charge is -2.16. The van der Waals surface area contributed by atoms with Crippen molar-refractivity contribution in [3.8, 4) is 94.7 Å². The molecule has 346 valence electrons. The molecule has 1 nitrogen and oxygen atoms in total. The molecule has 12 aromatic carbocycles. The van der Waals surface area contributed by atoms with Gasteiger partial charge in [-0.05, 0) is 139 Å². The number of benzene rings is 12. The molecule has 14 rings (SSSR count). The van der Waals surface area contributed by atoms with E-state index in [1.807, 2.05) is 11.3 Å². The minimum absolute atomic E-state index is 1.15. The van der Waals surface area contributed by atoms with Crippen LogP contribution in [0.3, 0.4) is 0 Å². The van der Waals surface area contributed by atoms with E-state index < -0.39 is 0 Å². The molecule has 14 aromatic rings. The Balaban J connectivity index is 1.06. The summed E-state index contributed by atoms with van der Waals surface area (Å²) in [5.74, 6) is 0. The molecule has 2 heterocycles. The second kappa shape index (κ2) is 18.4. The molecule has 0 spiro atoms. The molecule has 0 aliphatic heterocycles. The van der Waals surface area contributed by atoms with E-state index >= 15 is 0 Å². The zero-order valence-corrected chi connectivity index (χ0v) is 41.3. The van der Waals surface area contributed by atoms with Crippen LogP contribution in [0.1, 0.15) is 0 Å². The van der Waals surface area contributed by atoms with Gasteiger partial charge in [0.05, 0.1) is 11.0 Å². The van der Waals surface area contributed by atoms with Gasteiger partial charge in [-0.25, -0.2) is 0 Å². The van der Waals surface area contributed by atoms with Gasteiger partial charge in [-0.15, -0.1) is 11.3 Å². The predicted molar refractivity (Wildman–Crippen MR) is 317 cm³/mol. The SMILES string of the molecule is c1ccc(-c2cc(-c3ccccc3)cc(-c3ccccc3-c3cccc4c3sc3c(-c5ccccc5-c5cc(-c6ccccc6)cc(-c6ccccc6)c5)cc5c6ccccc6n(-c6ccccc6)c5c34)c2)cc1. The number of aromatic nitrogens is 1. The van der Waals surface area contributed by atoms with Crippen molar-refractivity contribution in [1.29, 1.82) is 0 Å². The summed E-state index contributed by atoms with van der Waals surface area (Å²) in [6, 6.07) is 105. The summed E-state index contributed by atoms with van der Waals surface area (Å²) in [6.45, 7) is 0. The van der Waals surface area contributed by atoms with Crippen LogP contribution in [0, 0.1) is 0 Å². The van der Waals surface area contributed by atoms with Gasteiger partial charge in [0, 0.05) is 47.8 Å². The van der Waals surface area contributed by atoms with Crippen LogP contribution in [0.5, 0.6) is 0 Å². The van der Waals surface area contributed by atoms with Crippen molar-refractivity contribution < 1.29 is 0 Å². The highest BCUT2D eigenvalue weighted by molar-refractivity contribution is 7.27. The van der Waals surface area contributed by atoms with E-state index in [0.717, 1.165) is 5.69 Å². The van der Waals surface area contributed by atoms with Crippen LogP contribution in [-0.4, -0.2) is 4.57 Å². The molecule has 0 aliphatic carbocycles. The van der Waals surface area contributed by atoms with Crippen LogP contribution >= 0.6 is 11.3 Å². The molecule has 0 saturated heterocycles. The smallest absolute Gasteiger partial charge is 0.0634 e. The summed E-state index contributed by atoms with van der Waals surface area (Å²) in [7, 11) is 0. The molecule has 0 saturated carbocycles. The van der Waals surface area contributed by atoms with Gasteiger partial charge in [0.25, 0.3) is 0 Å². The number of hydrogen-bond acceptors (Lipinski definition) is 1. The molecule has 2 aromatic heterocycles. The first-order valence-corrected chi connectivity index (χ1v) is 26.2. The minimum Gasteiger partial charge on any atom is -0.309 e. The van der Waals surface area contributed by atoms with Crippen LogP contribution < -0.4 is 0 Å². The van der Waals surface area contributed by atoms with E-state index in [0.29, 0.717) is 0 Å². The molecule has 0 fully saturated rings. The Hall–Kier alpha value is -9.34. The number of para-hydroxylation sites is 2. The molecule has 0 radical (unpaired) electrons. The Bertz CT molecular complexity index is 4260. The van der Waals surface area contributed by atoms with E-state index in [4.69, 9.17) is 0 Å². The van der Waals surface area contributed by atoms with E-state index in [-0.39, 0.29) is 0 Å². The number of nitrogens with zero attached hydrogens (tertiary/aromatic N) is 1. The van der Waals surface area contributed by atoms with E-state index in [1.165, 1.54) is 131 Å². The maximum Gasteiger partial charge on any atom is 0.0634 e. The summed E-state index contributed by atoms with van der Waals surface area (Å²) >= 11 is 1.93. The lowest BCUT2D eigenvalue weighted by Crippen LogP contribution is -1.94. The van der Waals surface area contributed by atoms with Crippen molar-refractivity contribution in [3.63, 3.8) is 0 Å². The van der Waals surface area contributed by atoms with Crippen molar-refractivity contribution in [2.24, 2.45) is 0 Å². The van der Waals surface area contributed by atoms with Crippen molar-refractivity contribution in [2.45, 2.75) is 0 Å². The average molecular weight is 958 g/mol.